The molecule has 0 unspecified atom stereocenters. The molecule has 2 heterocycles. The third-order valence-corrected chi connectivity index (χ3v) is 3.21. The number of rotatable bonds is 5. The first-order valence-electron chi connectivity index (χ1n) is 5.87. The summed E-state index contributed by atoms with van der Waals surface area (Å²) in [4.78, 5) is 6.42. The highest BCUT2D eigenvalue weighted by Crippen LogP contribution is 2.25. The number of likely N-dealkylation sites (N-methyl/N-ethyl adjacent to an activating group) is 1. The van der Waals surface area contributed by atoms with Crippen molar-refractivity contribution in [1.29, 1.82) is 0 Å². The second-order valence-corrected chi connectivity index (χ2v) is 4.33. The third kappa shape index (κ3) is 2.36. The standard InChI is InChI=1S/C11H21N5/c1-12-4-3-11(15-8-13-2)16-7-9-5-10(16)6-14-9/h3,8-10,12,14H,4-7H2,1-2H3,(H,13,15)/b11-3+/t9-,10-/m1/s1. The molecule has 2 aliphatic heterocycles. The van der Waals surface area contributed by atoms with E-state index in [1.165, 1.54) is 12.2 Å². The van der Waals surface area contributed by atoms with Crippen molar-refractivity contribution in [3.05, 3.63) is 11.9 Å². The molecule has 5 nitrogen and oxygen atoms in total. The molecular formula is C11H21N5. The highest BCUT2D eigenvalue weighted by molar-refractivity contribution is 5.56. The molecule has 2 fully saturated rings. The van der Waals surface area contributed by atoms with Gasteiger partial charge in [-0.3, -0.25) is 4.99 Å². The Balaban J connectivity index is 2.00. The molecule has 0 radical (unpaired) electrons. The molecular weight excluding hydrogens is 202 g/mol. The minimum atomic E-state index is 0.644. The molecule has 0 amide bonds. The number of nitrogens with one attached hydrogen (secondary N) is 3. The van der Waals surface area contributed by atoms with Gasteiger partial charge in [-0.05, 0) is 19.5 Å². The van der Waals surface area contributed by atoms with Gasteiger partial charge in [0.1, 0.15) is 5.82 Å². The summed E-state index contributed by atoms with van der Waals surface area (Å²) in [6.07, 6.45) is 5.20. The topological polar surface area (TPSA) is 51.7 Å². The van der Waals surface area contributed by atoms with Crippen LogP contribution in [0.2, 0.25) is 0 Å². The summed E-state index contributed by atoms with van der Waals surface area (Å²) in [5.74, 6) is 1.17. The van der Waals surface area contributed by atoms with E-state index in [9.17, 15) is 0 Å². The van der Waals surface area contributed by atoms with Gasteiger partial charge in [-0.15, -0.1) is 0 Å². The molecule has 2 bridgehead atoms. The molecule has 3 N–H and O–H groups in total. The first-order valence-corrected chi connectivity index (χ1v) is 5.87. The molecule has 2 atom stereocenters. The highest BCUT2D eigenvalue weighted by Gasteiger charge is 2.38. The van der Waals surface area contributed by atoms with Crippen molar-refractivity contribution in [2.75, 3.05) is 33.7 Å². The van der Waals surface area contributed by atoms with Gasteiger partial charge in [0.2, 0.25) is 0 Å². The van der Waals surface area contributed by atoms with E-state index in [-0.39, 0.29) is 0 Å². The smallest absolute Gasteiger partial charge is 0.104 e. The summed E-state index contributed by atoms with van der Waals surface area (Å²) in [5, 5.41) is 9.90. The second kappa shape index (κ2) is 5.32. The molecule has 0 saturated carbocycles. The average molecular weight is 223 g/mol. The van der Waals surface area contributed by atoms with Crippen LogP contribution in [0.15, 0.2) is 16.9 Å². The summed E-state index contributed by atoms with van der Waals surface area (Å²) in [6, 6.07) is 1.31. The predicted molar refractivity (Wildman–Crippen MR) is 66.5 cm³/mol. The number of likely N-dealkylation sites (tertiary alicyclic amines) is 1. The van der Waals surface area contributed by atoms with E-state index >= 15 is 0 Å². The third-order valence-electron chi connectivity index (χ3n) is 3.21. The molecule has 0 aromatic rings. The molecule has 0 spiro atoms. The van der Waals surface area contributed by atoms with Gasteiger partial charge in [-0.2, -0.15) is 0 Å². The number of hydrogen-bond donors (Lipinski definition) is 3. The van der Waals surface area contributed by atoms with E-state index in [1.807, 2.05) is 7.05 Å². The minimum absolute atomic E-state index is 0.644. The van der Waals surface area contributed by atoms with E-state index in [1.54, 1.807) is 13.4 Å². The van der Waals surface area contributed by atoms with Gasteiger partial charge in [0, 0.05) is 38.8 Å². The SMILES string of the molecule is CN=CN/C(=C\CNC)N1C[C@H]2C[C@@H]1CN2. The van der Waals surface area contributed by atoms with Crippen LogP contribution >= 0.6 is 0 Å². The molecule has 0 aromatic carbocycles. The lowest BCUT2D eigenvalue weighted by Gasteiger charge is -2.31. The average Bonchev–Trinajstić information content (AvgIpc) is 2.91. The zero-order valence-corrected chi connectivity index (χ0v) is 10.0. The molecule has 0 aliphatic carbocycles. The fourth-order valence-electron chi connectivity index (χ4n) is 2.44. The molecule has 16 heavy (non-hydrogen) atoms. The molecule has 2 saturated heterocycles. The molecule has 5 heteroatoms. The van der Waals surface area contributed by atoms with Gasteiger partial charge in [0.05, 0.1) is 6.34 Å². The quantitative estimate of drug-likeness (QED) is 0.428. The zero-order valence-electron chi connectivity index (χ0n) is 10.0. The van der Waals surface area contributed by atoms with Gasteiger partial charge in [-0.1, -0.05) is 0 Å². The lowest BCUT2D eigenvalue weighted by atomic mass is 10.2. The number of nitrogens with zero attached hydrogens (tertiary/aromatic N) is 2. The Labute approximate surface area is 97.0 Å². The predicted octanol–water partition coefficient (Wildman–Crippen LogP) is -0.659. The van der Waals surface area contributed by atoms with Gasteiger partial charge < -0.3 is 20.9 Å². The van der Waals surface area contributed by atoms with Crippen LogP contribution in [0.4, 0.5) is 0 Å². The Hall–Kier alpha value is -1.07. The Morgan fingerprint density at radius 2 is 2.50 bits per heavy atom. The van der Waals surface area contributed by atoms with Crippen molar-refractivity contribution >= 4 is 6.34 Å². The normalized spacial score (nSPS) is 29.4. The number of hydrogen-bond acceptors (Lipinski definition) is 4. The fourth-order valence-corrected chi connectivity index (χ4v) is 2.44. The molecule has 2 rings (SSSR count). The van der Waals surface area contributed by atoms with E-state index < -0.39 is 0 Å². The first kappa shape index (κ1) is 11.4. The largest absolute Gasteiger partial charge is 0.352 e. The monoisotopic (exact) mass is 223 g/mol. The van der Waals surface area contributed by atoms with E-state index in [2.05, 4.69) is 31.9 Å². The fraction of sp³-hybridized carbons (Fsp3) is 0.727. The Kier molecular flexibility index (Phi) is 3.79. The van der Waals surface area contributed by atoms with Crippen molar-refractivity contribution in [3.63, 3.8) is 0 Å². The van der Waals surface area contributed by atoms with Crippen molar-refractivity contribution in [1.82, 2.24) is 20.9 Å². The summed E-state index contributed by atoms with van der Waals surface area (Å²) in [7, 11) is 3.74. The number of piperazine rings is 1. The van der Waals surface area contributed by atoms with E-state index in [0.717, 1.165) is 19.6 Å². The number of fused-ring (bicyclic) bond motifs is 2. The Morgan fingerprint density at radius 1 is 1.62 bits per heavy atom. The van der Waals surface area contributed by atoms with Crippen LogP contribution in [0.1, 0.15) is 6.42 Å². The van der Waals surface area contributed by atoms with Crippen LogP contribution in [-0.2, 0) is 0 Å². The van der Waals surface area contributed by atoms with Gasteiger partial charge in [-0.25, -0.2) is 0 Å². The van der Waals surface area contributed by atoms with Crippen molar-refractivity contribution in [2.24, 2.45) is 4.99 Å². The highest BCUT2D eigenvalue weighted by atomic mass is 15.3. The maximum Gasteiger partial charge on any atom is 0.104 e. The van der Waals surface area contributed by atoms with Crippen LogP contribution in [0.25, 0.3) is 0 Å². The maximum atomic E-state index is 3.98. The Morgan fingerprint density at radius 3 is 3.06 bits per heavy atom. The minimum Gasteiger partial charge on any atom is -0.352 e. The van der Waals surface area contributed by atoms with Crippen LogP contribution < -0.4 is 16.0 Å². The van der Waals surface area contributed by atoms with Crippen LogP contribution in [0.3, 0.4) is 0 Å². The van der Waals surface area contributed by atoms with Crippen LogP contribution in [-0.4, -0.2) is 57.1 Å². The molecule has 2 aliphatic rings. The van der Waals surface area contributed by atoms with Crippen molar-refractivity contribution in [2.45, 2.75) is 18.5 Å². The summed E-state index contributed by atoms with van der Waals surface area (Å²) in [6.45, 7) is 3.08. The van der Waals surface area contributed by atoms with Gasteiger partial charge in [0.25, 0.3) is 0 Å². The summed E-state index contributed by atoms with van der Waals surface area (Å²) >= 11 is 0. The number of aliphatic imine (C=N–C) groups is 1. The van der Waals surface area contributed by atoms with E-state index in [4.69, 9.17) is 0 Å². The first-order chi connectivity index (χ1) is 7.85. The summed E-state index contributed by atoms with van der Waals surface area (Å²) < 4.78 is 0. The molecule has 90 valence electrons. The lowest BCUT2D eigenvalue weighted by molar-refractivity contribution is 0.274. The van der Waals surface area contributed by atoms with Crippen molar-refractivity contribution in [3.8, 4) is 0 Å². The van der Waals surface area contributed by atoms with Gasteiger partial charge >= 0.3 is 0 Å². The van der Waals surface area contributed by atoms with Crippen LogP contribution in [0.5, 0.6) is 0 Å². The van der Waals surface area contributed by atoms with E-state index in [0.29, 0.717) is 12.1 Å². The second-order valence-electron chi connectivity index (χ2n) is 4.33. The zero-order chi connectivity index (χ0) is 11.4. The maximum absolute atomic E-state index is 3.98. The van der Waals surface area contributed by atoms with Gasteiger partial charge in [0.15, 0.2) is 0 Å². The van der Waals surface area contributed by atoms with Crippen LogP contribution in [0, 0.1) is 0 Å². The Bertz CT molecular complexity index is 286. The molecule has 0 aromatic heterocycles. The summed E-state index contributed by atoms with van der Waals surface area (Å²) in [5.41, 5.74) is 0. The van der Waals surface area contributed by atoms with Crippen molar-refractivity contribution < 1.29 is 0 Å². The lowest BCUT2D eigenvalue weighted by Crippen LogP contribution is -2.45.